The van der Waals surface area contributed by atoms with Crippen LogP contribution in [0, 0.1) is 5.92 Å². The Morgan fingerprint density at radius 2 is 2.20 bits per heavy atom. The minimum atomic E-state index is 0.400. The molecular formula is C8H17NO. The Morgan fingerprint density at radius 1 is 1.60 bits per heavy atom. The van der Waals surface area contributed by atoms with E-state index in [1.165, 1.54) is 0 Å². The van der Waals surface area contributed by atoms with Crippen LogP contribution in [-0.4, -0.2) is 0 Å². The van der Waals surface area contributed by atoms with Gasteiger partial charge < -0.3 is 4.84 Å². The molecule has 2 heteroatoms. The van der Waals surface area contributed by atoms with Crippen LogP contribution in [0.15, 0.2) is 11.8 Å². The maximum absolute atomic E-state index is 5.05. The van der Waals surface area contributed by atoms with Crippen LogP contribution in [0.1, 0.15) is 33.6 Å². The average Bonchev–Trinajstić information content (AvgIpc) is 1.89. The summed E-state index contributed by atoms with van der Waals surface area (Å²) in [5.41, 5.74) is 0. The quantitative estimate of drug-likeness (QED) is 0.483. The third kappa shape index (κ3) is 3.51. The first kappa shape index (κ1) is 9.50. The summed E-state index contributed by atoms with van der Waals surface area (Å²) in [4.78, 5) is 4.67. The molecular weight excluding hydrogens is 126 g/mol. The van der Waals surface area contributed by atoms with Crippen LogP contribution >= 0.6 is 0 Å². The fourth-order valence-corrected chi connectivity index (χ4v) is 0.706. The fraction of sp³-hybridized carbons (Fsp3) is 0.750. The number of hydrogen-bond acceptors (Lipinski definition) is 2. The van der Waals surface area contributed by atoms with Crippen molar-refractivity contribution in [1.82, 2.24) is 0 Å². The average molecular weight is 143 g/mol. The molecule has 0 aliphatic rings. The monoisotopic (exact) mass is 143 g/mol. The highest BCUT2D eigenvalue weighted by atomic mass is 16.6. The molecule has 0 heterocycles. The van der Waals surface area contributed by atoms with Crippen LogP contribution in [0.3, 0.4) is 0 Å². The predicted octanol–water partition coefficient (Wildman–Crippen LogP) is 2.22. The van der Waals surface area contributed by atoms with E-state index in [2.05, 4.69) is 25.6 Å². The number of allylic oxidation sites excluding steroid dienone is 2. The van der Waals surface area contributed by atoms with Crippen molar-refractivity contribution < 1.29 is 4.84 Å². The van der Waals surface area contributed by atoms with Crippen LogP contribution in [0.25, 0.3) is 0 Å². The molecule has 0 saturated heterocycles. The van der Waals surface area contributed by atoms with Crippen LogP contribution in [-0.2, 0) is 4.84 Å². The van der Waals surface area contributed by atoms with Gasteiger partial charge in [-0.05, 0) is 12.5 Å². The molecule has 0 spiro atoms. The first-order chi connectivity index (χ1) is 4.72. The van der Waals surface area contributed by atoms with E-state index < -0.39 is 0 Å². The van der Waals surface area contributed by atoms with E-state index in [1.54, 1.807) is 0 Å². The molecule has 2 nitrogen and oxygen atoms in total. The standard InChI is InChI=1S/C8H17NO/c1-4-5-6-8(10-9)7(2)3/h6-7H,4-5,9H2,1-3H3/b8-6-. The largest absolute Gasteiger partial charge is 0.416 e. The Hall–Kier alpha value is -0.500. The van der Waals surface area contributed by atoms with E-state index >= 15 is 0 Å². The smallest absolute Gasteiger partial charge is 0.122 e. The van der Waals surface area contributed by atoms with E-state index in [9.17, 15) is 0 Å². The molecule has 0 saturated carbocycles. The molecule has 0 amide bonds. The zero-order chi connectivity index (χ0) is 7.98. The highest BCUT2D eigenvalue weighted by molar-refractivity contribution is 4.94. The van der Waals surface area contributed by atoms with Gasteiger partial charge in [0.1, 0.15) is 5.76 Å². The van der Waals surface area contributed by atoms with E-state index in [0.717, 1.165) is 18.6 Å². The first-order valence-corrected chi connectivity index (χ1v) is 3.79. The molecule has 0 unspecified atom stereocenters. The van der Waals surface area contributed by atoms with Crippen molar-refractivity contribution in [2.45, 2.75) is 33.6 Å². The van der Waals surface area contributed by atoms with Crippen LogP contribution in [0.5, 0.6) is 0 Å². The summed E-state index contributed by atoms with van der Waals surface area (Å²) in [6, 6.07) is 0. The molecule has 60 valence electrons. The van der Waals surface area contributed by atoms with E-state index in [1.807, 2.05) is 6.08 Å². The van der Waals surface area contributed by atoms with Gasteiger partial charge in [-0.2, -0.15) is 5.90 Å². The molecule has 0 radical (unpaired) electrons. The second kappa shape index (κ2) is 5.30. The molecule has 2 N–H and O–H groups in total. The third-order valence-electron chi connectivity index (χ3n) is 1.34. The lowest BCUT2D eigenvalue weighted by Crippen LogP contribution is -2.04. The molecule has 10 heavy (non-hydrogen) atoms. The van der Waals surface area contributed by atoms with Gasteiger partial charge in [0, 0.05) is 5.92 Å². The molecule has 0 aromatic heterocycles. The molecule has 0 bridgehead atoms. The highest BCUT2D eigenvalue weighted by Crippen LogP contribution is 2.09. The Kier molecular flexibility index (Phi) is 5.03. The van der Waals surface area contributed by atoms with E-state index in [4.69, 9.17) is 5.90 Å². The lowest BCUT2D eigenvalue weighted by Gasteiger charge is -2.07. The number of unbranched alkanes of at least 4 members (excludes halogenated alkanes) is 1. The number of hydrogen-bond donors (Lipinski definition) is 1. The van der Waals surface area contributed by atoms with Gasteiger partial charge in [0.25, 0.3) is 0 Å². The summed E-state index contributed by atoms with van der Waals surface area (Å²) >= 11 is 0. The molecule has 0 aromatic rings. The predicted molar refractivity (Wildman–Crippen MR) is 43.1 cm³/mol. The van der Waals surface area contributed by atoms with Crippen LogP contribution in [0.2, 0.25) is 0 Å². The summed E-state index contributed by atoms with van der Waals surface area (Å²) in [6.45, 7) is 6.26. The lowest BCUT2D eigenvalue weighted by molar-refractivity contribution is 0.190. The van der Waals surface area contributed by atoms with Gasteiger partial charge in [0.2, 0.25) is 0 Å². The molecule has 0 aliphatic heterocycles. The number of rotatable bonds is 4. The maximum atomic E-state index is 5.05. The zero-order valence-corrected chi connectivity index (χ0v) is 7.05. The molecule has 0 rings (SSSR count). The molecule has 0 aromatic carbocycles. The molecule has 0 aliphatic carbocycles. The lowest BCUT2D eigenvalue weighted by atomic mass is 10.1. The van der Waals surface area contributed by atoms with E-state index in [-0.39, 0.29) is 0 Å². The molecule has 0 fully saturated rings. The number of nitrogens with two attached hydrogens (primary N) is 1. The van der Waals surface area contributed by atoms with Gasteiger partial charge in [-0.1, -0.05) is 27.2 Å². The summed E-state index contributed by atoms with van der Waals surface area (Å²) in [5, 5.41) is 0. The van der Waals surface area contributed by atoms with Gasteiger partial charge in [0.05, 0.1) is 0 Å². The summed E-state index contributed by atoms with van der Waals surface area (Å²) < 4.78 is 0. The van der Waals surface area contributed by atoms with E-state index in [0.29, 0.717) is 5.92 Å². The van der Waals surface area contributed by atoms with Crippen LogP contribution < -0.4 is 5.90 Å². The van der Waals surface area contributed by atoms with Crippen molar-refractivity contribution in [3.8, 4) is 0 Å². The topological polar surface area (TPSA) is 35.2 Å². The Balaban J connectivity index is 3.79. The fourth-order valence-electron chi connectivity index (χ4n) is 0.706. The normalized spacial score (nSPS) is 12.3. The Morgan fingerprint density at radius 3 is 2.50 bits per heavy atom. The highest BCUT2D eigenvalue weighted by Gasteiger charge is 2.00. The summed E-state index contributed by atoms with van der Waals surface area (Å²) in [7, 11) is 0. The SMILES string of the molecule is CCC/C=C(\ON)C(C)C. The second-order valence-electron chi connectivity index (χ2n) is 2.67. The van der Waals surface area contributed by atoms with Crippen molar-refractivity contribution in [2.24, 2.45) is 11.8 Å². The van der Waals surface area contributed by atoms with Gasteiger partial charge >= 0.3 is 0 Å². The molecule has 0 atom stereocenters. The second-order valence-corrected chi connectivity index (χ2v) is 2.67. The first-order valence-electron chi connectivity index (χ1n) is 3.79. The van der Waals surface area contributed by atoms with Gasteiger partial charge in [-0.25, -0.2) is 0 Å². The summed E-state index contributed by atoms with van der Waals surface area (Å²) in [6.07, 6.45) is 4.23. The van der Waals surface area contributed by atoms with Gasteiger partial charge in [-0.15, -0.1) is 0 Å². The Labute approximate surface area is 63.0 Å². The Bertz CT molecular complexity index is 108. The summed E-state index contributed by atoms with van der Waals surface area (Å²) in [5.74, 6) is 6.34. The maximum Gasteiger partial charge on any atom is 0.122 e. The minimum Gasteiger partial charge on any atom is -0.416 e. The van der Waals surface area contributed by atoms with Crippen molar-refractivity contribution in [3.63, 3.8) is 0 Å². The van der Waals surface area contributed by atoms with Crippen molar-refractivity contribution >= 4 is 0 Å². The van der Waals surface area contributed by atoms with Crippen molar-refractivity contribution in [1.29, 1.82) is 0 Å². The van der Waals surface area contributed by atoms with Crippen molar-refractivity contribution in [2.75, 3.05) is 0 Å². The van der Waals surface area contributed by atoms with Gasteiger partial charge in [0.15, 0.2) is 0 Å². The van der Waals surface area contributed by atoms with Gasteiger partial charge in [-0.3, -0.25) is 0 Å². The minimum absolute atomic E-state index is 0.400. The zero-order valence-electron chi connectivity index (χ0n) is 7.05. The van der Waals surface area contributed by atoms with Crippen molar-refractivity contribution in [3.05, 3.63) is 11.8 Å². The van der Waals surface area contributed by atoms with Crippen LogP contribution in [0.4, 0.5) is 0 Å². The third-order valence-corrected chi connectivity index (χ3v) is 1.34.